The molecular formula is C18H16N4O2. The molecule has 0 atom stereocenters. The average molecular weight is 320 g/mol. The summed E-state index contributed by atoms with van der Waals surface area (Å²) in [5.74, 6) is 8.05. The minimum atomic E-state index is 0.572. The highest BCUT2D eigenvalue weighted by molar-refractivity contribution is 5.44. The molecule has 0 unspecified atom stereocenters. The maximum atomic E-state index is 5.75. The van der Waals surface area contributed by atoms with Crippen molar-refractivity contribution in [1.29, 1.82) is 0 Å². The van der Waals surface area contributed by atoms with Gasteiger partial charge in [0, 0.05) is 29.9 Å². The second-order valence-corrected chi connectivity index (χ2v) is 4.85. The van der Waals surface area contributed by atoms with Gasteiger partial charge in [-0.05, 0) is 37.3 Å². The lowest BCUT2D eigenvalue weighted by Gasteiger charge is -2.05. The first-order valence-electron chi connectivity index (χ1n) is 7.47. The van der Waals surface area contributed by atoms with Crippen LogP contribution in [0, 0.1) is 11.8 Å². The lowest BCUT2D eigenvalue weighted by Crippen LogP contribution is -1.99. The van der Waals surface area contributed by atoms with E-state index in [2.05, 4.69) is 27.1 Å². The van der Waals surface area contributed by atoms with E-state index >= 15 is 0 Å². The fraction of sp³-hybridized carbons (Fsp3) is 0.167. The molecule has 0 radical (unpaired) electrons. The van der Waals surface area contributed by atoms with Gasteiger partial charge in [-0.15, -0.1) is 5.10 Å². The molecule has 6 heteroatoms. The summed E-state index contributed by atoms with van der Waals surface area (Å²) in [7, 11) is 1.58. The van der Waals surface area contributed by atoms with Crippen molar-refractivity contribution in [2.75, 3.05) is 7.11 Å². The van der Waals surface area contributed by atoms with Crippen LogP contribution in [0.5, 0.6) is 17.5 Å². The normalized spacial score (nSPS) is 9.92. The molecule has 0 aliphatic carbocycles. The molecule has 3 rings (SSSR count). The van der Waals surface area contributed by atoms with E-state index in [9.17, 15) is 0 Å². The number of aryl methyl sites for hydroxylation is 1. The Hall–Kier alpha value is -3.33. The summed E-state index contributed by atoms with van der Waals surface area (Å²) in [6.45, 7) is 2.68. The van der Waals surface area contributed by atoms with Crippen LogP contribution in [0.4, 0.5) is 0 Å². The Bertz CT molecular complexity index is 859. The molecule has 3 aromatic rings. The van der Waals surface area contributed by atoms with E-state index < -0.39 is 0 Å². The van der Waals surface area contributed by atoms with E-state index in [0.29, 0.717) is 24.1 Å². The summed E-state index contributed by atoms with van der Waals surface area (Å²) in [5.41, 5.74) is 1.72. The van der Waals surface area contributed by atoms with Gasteiger partial charge in [0.15, 0.2) is 0 Å². The van der Waals surface area contributed by atoms with E-state index in [1.165, 1.54) is 0 Å². The number of nitrogens with zero attached hydrogens (tertiary/aromatic N) is 4. The molecule has 2 aromatic heterocycles. The van der Waals surface area contributed by atoms with Gasteiger partial charge in [0.2, 0.25) is 11.8 Å². The molecule has 0 N–H and O–H groups in total. The Kier molecular flexibility index (Phi) is 4.73. The number of rotatable bonds is 4. The Balaban J connectivity index is 1.69. The topological polar surface area (TPSA) is 62.1 Å². The third-order valence-corrected chi connectivity index (χ3v) is 3.26. The third kappa shape index (κ3) is 3.70. The molecule has 2 heterocycles. The number of hydrogen-bond donors (Lipinski definition) is 0. The smallest absolute Gasteiger partial charge is 0.238 e. The Morgan fingerprint density at radius 1 is 1.00 bits per heavy atom. The van der Waals surface area contributed by atoms with Gasteiger partial charge in [-0.2, -0.15) is 0 Å². The highest BCUT2D eigenvalue weighted by atomic mass is 16.5. The zero-order valence-electron chi connectivity index (χ0n) is 13.4. The fourth-order valence-corrected chi connectivity index (χ4v) is 1.99. The first-order valence-corrected chi connectivity index (χ1v) is 7.47. The molecule has 24 heavy (non-hydrogen) atoms. The van der Waals surface area contributed by atoms with Crippen LogP contribution in [-0.2, 0) is 6.54 Å². The van der Waals surface area contributed by atoms with Gasteiger partial charge in [-0.1, -0.05) is 17.1 Å². The molecule has 1 aromatic carbocycles. The number of methoxy groups -OCH3 is 1. The van der Waals surface area contributed by atoms with Crippen molar-refractivity contribution in [3.05, 3.63) is 59.9 Å². The summed E-state index contributed by atoms with van der Waals surface area (Å²) >= 11 is 0. The zero-order valence-corrected chi connectivity index (χ0v) is 13.4. The van der Waals surface area contributed by atoms with Gasteiger partial charge in [0.05, 0.1) is 7.11 Å². The van der Waals surface area contributed by atoms with Crippen molar-refractivity contribution in [2.45, 2.75) is 13.5 Å². The largest absolute Gasteiger partial charge is 0.481 e. The summed E-state index contributed by atoms with van der Waals surface area (Å²) in [5, 5.41) is 7.76. The third-order valence-electron chi connectivity index (χ3n) is 3.26. The van der Waals surface area contributed by atoms with Crippen LogP contribution >= 0.6 is 0 Å². The predicted octanol–water partition coefficient (Wildman–Crippen LogP) is 2.89. The Morgan fingerprint density at radius 3 is 2.42 bits per heavy atom. The van der Waals surface area contributed by atoms with Gasteiger partial charge in [0.1, 0.15) is 11.9 Å². The van der Waals surface area contributed by atoms with Gasteiger partial charge < -0.3 is 9.47 Å². The lowest BCUT2D eigenvalue weighted by molar-refractivity contribution is 0.398. The fourth-order valence-electron chi connectivity index (χ4n) is 1.99. The SMILES string of the molecule is CCn1nncc1Oc1ccc(C#Cc2ccc(OC)nc2)cc1. The first-order chi connectivity index (χ1) is 11.8. The van der Waals surface area contributed by atoms with Crippen LogP contribution in [0.3, 0.4) is 0 Å². The molecule has 0 aliphatic heterocycles. The van der Waals surface area contributed by atoms with E-state index in [4.69, 9.17) is 9.47 Å². The van der Waals surface area contributed by atoms with Crippen molar-refractivity contribution in [3.63, 3.8) is 0 Å². The molecule has 0 bridgehead atoms. The minimum absolute atomic E-state index is 0.572. The van der Waals surface area contributed by atoms with Gasteiger partial charge in [-0.3, -0.25) is 0 Å². The molecule has 0 fully saturated rings. The average Bonchev–Trinajstić information content (AvgIpc) is 3.08. The van der Waals surface area contributed by atoms with Crippen molar-refractivity contribution < 1.29 is 9.47 Å². The molecule has 0 saturated carbocycles. The number of aromatic nitrogens is 4. The maximum absolute atomic E-state index is 5.75. The minimum Gasteiger partial charge on any atom is -0.481 e. The van der Waals surface area contributed by atoms with Crippen molar-refractivity contribution >= 4 is 0 Å². The van der Waals surface area contributed by atoms with Crippen molar-refractivity contribution in [3.8, 4) is 29.4 Å². The highest BCUT2D eigenvalue weighted by Crippen LogP contribution is 2.20. The first kappa shape index (κ1) is 15.6. The summed E-state index contributed by atoms with van der Waals surface area (Å²) < 4.78 is 12.5. The van der Waals surface area contributed by atoms with Gasteiger partial charge >= 0.3 is 0 Å². The molecular weight excluding hydrogens is 304 g/mol. The number of benzene rings is 1. The van der Waals surface area contributed by atoms with Crippen LogP contribution in [0.1, 0.15) is 18.1 Å². The zero-order chi connectivity index (χ0) is 16.8. The Morgan fingerprint density at radius 2 is 1.75 bits per heavy atom. The van der Waals surface area contributed by atoms with Crippen LogP contribution in [0.25, 0.3) is 0 Å². The lowest BCUT2D eigenvalue weighted by atomic mass is 10.2. The number of hydrogen-bond acceptors (Lipinski definition) is 5. The standard InChI is InChI=1S/C18H16N4O2/c1-3-22-18(13-20-21-22)24-16-9-6-14(7-10-16)4-5-15-8-11-17(23-2)19-12-15/h6-13H,3H2,1-2H3. The van der Waals surface area contributed by atoms with E-state index in [1.54, 1.807) is 30.3 Å². The highest BCUT2D eigenvalue weighted by Gasteiger charge is 2.04. The van der Waals surface area contributed by atoms with Gasteiger partial charge in [0.25, 0.3) is 0 Å². The van der Waals surface area contributed by atoms with Crippen LogP contribution in [0.15, 0.2) is 48.8 Å². The molecule has 0 saturated heterocycles. The molecule has 0 aliphatic rings. The van der Waals surface area contributed by atoms with Crippen molar-refractivity contribution in [1.82, 2.24) is 20.0 Å². The van der Waals surface area contributed by atoms with Crippen LogP contribution in [-0.4, -0.2) is 27.1 Å². The molecule has 0 spiro atoms. The van der Waals surface area contributed by atoms with Gasteiger partial charge in [-0.25, -0.2) is 9.67 Å². The molecule has 0 amide bonds. The molecule has 120 valence electrons. The van der Waals surface area contributed by atoms with E-state index in [0.717, 1.165) is 11.1 Å². The van der Waals surface area contributed by atoms with Crippen molar-refractivity contribution in [2.24, 2.45) is 0 Å². The monoisotopic (exact) mass is 320 g/mol. The Labute approximate surface area is 140 Å². The summed E-state index contributed by atoms with van der Waals surface area (Å²) in [4.78, 5) is 4.12. The molecule has 6 nitrogen and oxygen atoms in total. The number of pyridine rings is 1. The summed E-state index contributed by atoms with van der Waals surface area (Å²) in [6.07, 6.45) is 3.27. The van der Waals surface area contributed by atoms with Crippen LogP contribution in [0.2, 0.25) is 0 Å². The van der Waals surface area contributed by atoms with Crippen LogP contribution < -0.4 is 9.47 Å². The van der Waals surface area contributed by atoms with E-state index in [-0.39, 0.29) is 0 Å². The maximum Gasteiger partial charge on any atom is 0.238 e. The second kappa shape index (κ2) is 7.29. The summed E-state index contributed by atoms with van der Waals surface area (Å²) in [6, 6.07) is 11.2. The number of ether oxygens (including phenoxy) is 2. The predicted molar refractivity (Wildman–Crippen MR) is 89.0 cm³/mol. The second-order valence-electron chi connectivity index (χ2n) is 4.85. The quantitative estimate of drug-likeness (QED) is 0.692. The van der Waals surface area contributed by atoms with E-state index in [1.807, 2.05) is 37.3 Å².